The molecule has 2 fully saturated rings. The Morgan fingerprint density at radius 1 is 1.23 bits per heavy atom. The quantitative estimate of drug-likeness (QED) is 0.290. The van der Waals surface area contributed by atoms with Crippen LogP contribution in [0.1, 0.15) is 57.1 Å². The average molecular weight is 543 g/mol. The van der Waals surface area contributed by atoms with Gasteiger partial charge in [0.1, 0.15) is 0 Å². The van der Waals surface area contributed by atoms with Crippen molar-refractivity contribution < 1.29 is 9.53 Å². The molecule has 8 heteroatoms. The van der Waals surface area contributed by atoms with E-state index in [1.807, 2.05) is 7.05 Å². The third kappa shape index (κ3) is 7.24. The Kier molecular flexibility index (Phi) is 10.3. The third-order valence-corrected chi connectivity index (χ3v) is 6.47. The number of carbonyl (C=O) groups is 1. The number of methoxy groups -OCH3 is 1. The van der Waals surface area contributed by atoms with Gasteiger partial charge in [-0.3, -0.25) is 4.99 Å². The Bertz CT molecular complexity index is 701. The Hall–Kier alpha value is -1.55. The van der Waals surface area contributed by atoms with E-state index in [-0.39, 0.29) is 35.6 Å². The molecule has 31 heavy (non-hydrogen) atoms. The zero-order valence-electron chi connectivity index (χ0n) is 19.0. The van der Waals surface area contributed by atoms with Gasteiger partial charge >= 0.3 is 6.09 Å². The normalized spacial score (nSPS) is 20.0. The second kappa shape index (κ2) is 12.5. The number of benzene rings is 1. The van der Waals surface area contributed by atoms with Crippen molar-refractivity contribution >= 4 is 36.0 Å². The van der Waals surface area contributed by atoms with E-state index >= 15 is 0 Å². The predicted molar refractivity (Wildman–Crippen MR) is 136 cm³/mol. The van der Waals surface area contributed by atoms with Gasteiger partial charge in [0.05, 0.1) is 7.11 Å². The lowest BCUT2D eigenvalue weighted by Crippen LogP contribution is -2.56. The van der Waals surface area contributed by atoms with E-state index in [4.69, 9.17) is 4.74 Å². The fourth-order valence-electron chi connectivity index (χ4n) is 4.68. The first-order valence-electron chi connectivity index (χ1n) is 11.2. The smallest absolute Gasteiger partial charge is 0.409 e. The zero-order chi connectivity index (χ0) is 21.4. The number of likely N-dealkylation sites (tertiary alicyclic amines) is 1. The monoisotopic (exact) mass is 543 g/mol. The van der Waals surface area contributed by atoms with Gasteiger partial charge in [-0.15, -0.1) is 24.0 Å². The maximum atomic E-state index is 11.7. The third-order valence-electron chi connectivity index (χ3n) is 6.47. The number of carbonyl (C=O) groups excluding carboxylic acids is 1. The number of hydrogen-bond acceptors (Lipinski definition) is 4. The SMILES string of the molecule is CN=C(NCC1(NC(C)c2ccccc2)CCCC1)NC1CCN(C(=O)OC)CC1.I. The van der Waals surface area contributed by atoms with Gasteiger partial charge in [-0.25, -0.2) is 4.79 Å². The minimum Gasteiger partial charge on any atom is -0.453 e. The highest BCUT2D eigenvalue weighted by atomic mass is 127. The van der Waals surface area contributed by atoms with Crippen LogP contribution in [0.15, 0.2) is 35.3 Å². The van der Waals surface area contributed by atoms with E-state index in [1.165, 1.54) is 38.4 Å². The summed E-state index contributed by atoms with van der Waals surface area (Å²) < 4.78 is 4.82. The summed E-state index contributed by atoms with van der Waals surface area (Å²) in [4.78, 5) is 17.9. The molecule has 1 saturated carbocycles. The molecule has 7 nitrogen and oxygen atoms in total. The minimum atomic E-state index is -0.238. The summed E-state index contributed by atoms with van der Waals surface area (Å²) in [6, 6.07) is 11.3. The van der Waals surface area contributed by atoms with Crippen LogP contribution in [-0.4, -0.2) is 62.3 Å². The van der Waals surface area contributed by atoms with Crippen LogP contribution in [0.4, 0.5) is 4.79 Å². The van der Waals surface area contributed by atoms with E-state index in [9.17, 15) is 4.79 Å². The molecule has 0 radical (unpaired) electrons. The predicted octanol–water partition coefficient (Wildman–Crippen LogP) is 3.66. The Morgan fingerprint density at radius 2 is 1.87 bits per heavy atom. The molecule has 1 aromatic rings. The topological polar surface area (TPSA) is 78.0 Å². The molecule has 1 unspecified atom stereocenters. The van der Waals surface area contributed by atoms with Crippen LogP contribution in [0.5, 0.6) is 0 Å². The number of nitrogens with zero attached hydrogens (tertiary/aromatic N) is 2. The summed E-state index contributed by atoms with van der Waals surface area (Å²) in [5.41, 5.74) is 1.41. The van der Waals surface area contributed by atoms with Gasteiger partial charge in [-0.1, -0.05) is 43.2 Å². The first kappa shape index (κ1) is 25.7. The summed E-state index contributed by atoms with van der Waals surface area (Å²) in [6.45, 7) is 4.52. The number of hydrogen-bond donors (Lipinski definition) is 3. The summed E-state index contributed by atoms with van der Waals surface area (Å²) in [5, 5.41) is 11.0. The zero-order valence-corrected chi connectivity index (χ0v) is 21.4. The highest BCUT2D eigenvalue weighted by Crippen LogP contribution is 2.31. The van der Waals surface area contributed by atoms with Crippen LogP contribution in [0.3, 0.4) is 0 Å². The van der Waals surface area contributed by atoms with Gasteiger partial charge < -0.3 is 25.6 Å². The Morgan fingerprint density at radius 3 is 2.45 bits per heavy atom. The molecule has 0 aromatic heterocycles. The summed E-state index contributed by atoms with van der Waals surface area (Å²) in [5.74, 6) is 0.840. The van der Waals surface area contributed by atoms with Crippen LogP contribution in [0.2, 0.25) is 0 Å². The largest absolute Gasteiger partial charge is 0.453 e. The van der Waals surface area contributed by atoms with E-state index in [0.29, 0.717) is 25.2 Å². The van der Waals surface area contributed by atoms with E-state index in [1.54, 1.807) is 4.90 Å². The van der Waals surface area contributed by atoms with Crippen molar-refractivity contribution in [1.82, 2.24) is 20.9 Å². The number of amides is 1. The van der Waals surface area contributed by atoms with Crippen LogP contribution in [0, 0.1) is 0 Å². The van der Waals surface area contributed by atoms with E-state index in [0.717, 1.165) is 25.3 Å². The highest BCUT2D eigenvalue weighted by Gasteiger charge is 2.35. The summed E-state index contributed by atoms with van der Waals surface area (Å²) in [7, 11) is 3.25. The molecule has 1 heterocycles. The number of rotatable bonds is 6. The number of ether oxygens (including phenoxy) is 1. The van der Waals surface area contributed by atoms with Crippen molar-refractivity contribution in [3.63, 3.8) is 0 Å². The molecule has 3 N–H and O–H groups in total. The second-order valence-electron chi connectivity index (χ2n) is 8.57. The first-order valence-corrected chi connectivity index (χ1v) is 11.2. The molecular formula is C23H38IN5O2. The van der Waals surface area contributed by atoms with E-state index < -0.39 is 0 Å². The molecule has 1 amide bonds. The number of piperidine rings is 1. The van der Waals surface area contributed by atoms with Crippen molar-refractivity contribution in [3.8, 4) is 0 Å². The van der Waals surface area contributed by atoms with Crippen LogP contribution in [0.25, 0.3) is 0 Å². The minimum absolute atomic E-state index is 0. The van der Waals surface area contributed by atoms with Gasteiger partial charge in [-0.2, -0.15) is 0 Å². The van der Waals surface area contributed by atoms with Crippen LogP contribution >= 0.6 is 24.0 Å². The molecule has 1 aliphatic heterocycles. The van der Waals surface area contributed by atoms with Gasteiger partial charge in [0.2, 0.25) is 0 Å². The number of guanidine groups is 1. The van der Waals surface area contributed by atoms with Crippen molar-refractivity contribution in [1.29, 1.82) is 0 Å². The van der Waals surface area contributed by atoms with Gasteiger partial charge in [0.15, 0.2) is 5.96 Å². The van der Waals surface area contributed by atoms with Crippen molar-refractivity contribution in [2.75, 3.05) is 33.8 Å². The maximum Gasteiger partial charge on any atom is 0.409 e. The molecule has 174 valence electrons. The van der Waals surface area contributed by atoms with Crippen molar-refractivity contribution in [2.24, 2.45) is 4.99 Å². The van der Waals surface area contributed by atoms with Crippen molar-refractivity contribution in [3.05, 3.63) is 35.9 Å². The lowest BCUT2D eigenvalue weighted by atomic mass is 9.94. The lowest BCUT2D eigenvalue weighted by Gasteiger charge is -2.36. The lowest BCUT2D eigenvalue weighted by molar-refractivity contribution is 0.111. The molecular weight excluding hydrogens is 505 g/mol. The molecule has 1 aromatic carbocycles. The maximum absolute atomic E-state index is 11.7. The summed E-state index contributed by atoms with van der Waals surface area (Å²) >= 11 is 0. The molecule has 1 atom stereocenters. The van der Waals surface area contributed by atoms with Gasteiger partial charge in [0.25, 0.3) is 0 Å². The molecule has 2 aliphatic rings. The molecule has 0 spiro atoms. The highest BCUT2D eigenvalue weighted by molar-refractivity contribution is 14.0. The second-order valence-corrected chi connectivity index (χ2v) is 8.57. The van der Waals surface area contributed by atoms with Crippen LogP contribution in [-0.2, 0) is 4.74 Å². The van der Waals surface area contributed by atoms with Gasteiger partial charge in [-0.05, 0) is 38.2 Å². The Labute approximate surface area is 203 Å². The average Bonchev–Trinajstić information content (AvgIpc) is 3.25. The summed E-state index contributed by atoms with van der Waals surface area (Å²) in [6.07, 6.45) is 6.41. The molecule has 1 aliphatic carbocycles. The van der Waals surface area contributed by atoms with Crippen molar-refractivity contribution in [2.45, 2.75) is 63.1 Å². The van der Waals surface area contributed by atoms with E-state index in [2.05, 4.69) is 58.2 Å². The number of halogens is 1. The molecule has 3 rings (SSSR count). The fraction of sp³-hybridized carbons (Fsp3) is 0.652. The van der Waals surface area contributed by atoms with Gasteiger partial charge in [0, 0.05) is 44.3 Å². The molecule has 1 saturated heterocycles. The first-order chi connectivity index (χ1) is 14.5. The number of nitrogens with one attached hydrogen (secondary N) is 3. The number of aliphatic imine (C=N–C) groups is 1. The van der Waals surface area contributed by atoms with Crippen LogP contribution < -0.4 is 16.0 Å². The standard InChI is InChI=1S/C23H37N5O2.HI/c1-18(19-9-5-4-6-10-19)27-23(13-7-8-14-23)17-25-21(24-2)26-20-11-15-28(16-12-20)22(29)30-3;/h4-6,9-10,18,20,27H,7-8,11-17H2,1-3H3,(H2,24,25,26);1H. The Balaban J connectivity index is 0.00000341. The molecule has 0 bridgehead atoms. The fourth-order valence-corrected chi connectivity index (χ4v) is 4.68.